The third-order valence-corrected chi connectivity index (χ3v) is 3.84. The summed E-state index contributed by atoms with van der Waals surface area (Å²) in [4.78, 5) is 29.4. The van der Waals surface area contributed by atoms with Gasteiger partial charge in [-0.3, -0.25) is 14.4 Å². The van der Waals surface area contributed by atoms with E-state index in [0.29, 0.717) is 19.3 Å². The first kappa shape index (κ1) is 37.6. The minimum absolute atomic E-state index is 0.292. The lowest BCUT2D eigenvalue weighted by Gasteiger charge is -2.00. The number of rotatable bonds is 16. The molecule has 0 saturated heterocycles. The lowest BCUT2D eigenvalue weighted by atomic mass is 10.1. The van der Waals surface area contributed by atoms with Crippen molar-refractivity contribution < 1.29 is 45.0 Å². The SMILES string of the molecule is CCCC(=O)O.CCCC(=O)O.CCCCCCCCCCCC(=O)O.OCC(O)CO. The van der Waals surface area contributed by atoms with E-state index in [1.807, 2.05) is 13.8 Å². The quantitative estimate of drug-likeness (QED) is 0.183. The average molecular weight is 469 g/mol. The Morgan fingerprint density at radius 1 is 0.531 bits per heavy atom. The summed E-state index contributed by atoms with van der Waals surface area (Å²) in [5.41, 5.74) is 0. The Morgan fingerprint density at radius 3 is 1.03 bits per heavy atom. The molecule has 0 aromatic carbocycles. The van der Waals surface area contributed by atoms with Crippen LogP contribution in [0.3, 0.4) is 0 Å². The Bertz CT molecular complexity index is 381. The molecule has 0 rings (SSSR count). The van der Waals surface area contributed by atoms with Crippen LogP contribution in [-0.4, -0.2) is 67.9 Å². The molecule has 32 heavy (non-hydrogen) atoms. The molecule has 0 fully saturated rings. The number of aliphatic carboxylic acids is 3. The molecule has 9 heteroatoms. The van der Waals surface area contributed by atoms with Crippen molar-refractivity contribution in [2.45, 2.75) is 117 Å². The third kappa shape index (κ3) is 56.6. The van der Waals surface area contributed by atoms with Gasteiger partial charge in [-0.25, -0.2) is 0 Å². The second-order valence-electron chi connectivity index (χ2n) is 7.28. The number of aliphatic hydroxyl groups excluding tert-OH is 3. The first-order valence-corrected chi connectivity index (χ1v) is 11.7. The molecule has 0 aliphatic carbocycles. The van der Waals surface area contributed by atoms with E-state index in [1.165, 1.54) is 44.9 Å². The van der Waals surface area contributed by atoms with Crippen LogP contribution in [0.15, 0.2) is 0 Å². The Hall–Kier alpha value is -1.71. The van der Waals surface area contributed by atoms with Crippen LogP contribution in [0.2, 0.25) is 0 Å². The number of carboxylic acid groups (broad SMARTS) is 3. The molecule has 0 amide bonds. The van der Waals surface area contributed by atoms with Crippen molar-refractivity contribution in [2.24, 2.45) is 0 Å². The van der Waals surface area contributed by atoms with Gasteiger partial charge in [0.05, 0.1) is 13.2 Å². The van der Waals surface area contributed by atoms with Crippen LogP contribution in [0.4, 0.5) is 0 Å². The topological polar surface area (TPSA) is 173 Å². The highest BCUT2D eigenvalue weighted by Gasteiger charge is 1.96. The fourth-order valence-corrected chi connectivity index (χ4v) is 2.07. The van der Waals surface area contributed by atoms with E-state index in [9.17, 15) is 14.4 Å². The van der Waals surface area contributed by atoms with Gasteiger partial charge in [-0.1, -0.05) is 72.1 Å². The average Bonchev–Trinajstić information content (AvgIpc) is 2.73. The summed E-state index contributed by atoms with van der Waals surface area (Å²) in [5, 5.41) is 48.3. The Labute approximate surface area is 193 Å². The molecule has 0 unspecified atom stereocenters. The van der Waals surface area contributed by atoms with Crippen molar-refractivity contribution in [2.75, 3.05) is 13.2 Å². The van der Waals surface area contributed by atoms with Crippen molar-refractivity contribution in [3.05, 3.63) is 0 Å². The van der Waals surface area contributed by atoms with Gasteiger partial charge in [0.25, 0.3) is 0 Å². The number of carboxylic acids is 3. The minimum atomic E-state index is -0.954. The maximum atomic E-state index is 10.2. The summed E-state index contributed by atoms with van der Waals surface area (Å²) >= 11 is 0. The van der Waals surface area contributed by atoms with Crippen LogP contribution in [0.5, 0.6) is 0 Å². The van der Waals surface area contributed by atoms with Crippen LogP contribution in [0.1, 0.15) is 111 Å². The molecule has 0 radical (unpaired) electrons. The molecule has 0 aromatic rings. The van der Waals surface area contributed by atoms with Gasteiger partial charge in [-0.05, 0) is 19.3 Å². The maximum absolute atomic E-state index is 10.2. The number of aliphatic hydroxyl groups is 3. The molecular weight excluding hydrogens is 420 g/mol. The van der Waals surface area contributed by atoms with E-state index in [-0.39, 0.29) is 13.2 Å². The van der Waals surface area contributed by atoms with E-state index < -0.39 is 24.0 Å². The van der Waals surface area contributed by atoms with Crippen molar-refractivity contribution in [3.8, 4) is 0 Å². The van der Waals surface area contributed by atoms with E-state index in [0.717, 1.165) is 25.7 Å². The molecule has 0 aromatic heterocycles. The predicted octanol–water partition coefficient (Wildman–Crippen LogP) is 4.07. The number of hydrogen-bond acceptors (Lipinski definition) is 6. The second kappa shape index (κ2) is 33.9. The van der Waals surface area contributed by atoms with Gasteiger partial charge in [-0.15, -0.1) is 0 Å². The molecule has 0 spiro atoms. The number of hydrogen-bond donors (Lipinski definition) is 6. The van der Waals surface area contributed by atoms with Crippen molar-refractivity contribution in [1.82, 2.24) is 0 Å². The highest BCUT2D eigenvalue weighted by atomic mass is 16.4. The third-order valence-electron chi connectivity index (χ3n) is 3.84. The highest BCUT2D eigenvalue weighted by Crippen LogP contribution is 2.10. The summed E-state index contributed by atoms with van der Waals surface area (Å²) in [6.07, 6.45) is 12.6. The zero-order chi connectivity index (χ0) is 25.6. The van der Waals surface area contributed by atoms with Gasteiger partial charge in [0.15, 0.2) is 0 Å². The lowest BCUT2D eigenvalue weighted by Crippen LogP contribution is -2.15. The molecule has 0 heterocycles. The van der Waals surface area contributed by atoms with E-state index >= 15 is 0 Å². The van der Waals surface area contributed by atoms with Gasteiger partial charge < -0.3 is 30.6 Å². The molecule has 0 aliphatic rings. The van der Waals surface area contributed by atoms with Crippen LogP contribution < -0.4 is 0 Å². The largest absolute Gasteiger partial charge is 0.481 e. The van der Waals surface area contributed by atoms with Gasteiger partial charge in [0.1, 0.15) is 6.10 Å². The highest BCUT2D eigenvalue weighted by molar-refractivity contribution is 5.67. The molecule has 9 nitrogen and oxygen atoms in total. The zero-order valence-electron chi connectivity index (χ0n) is 20.3. The van der Waals surface area contributed by atoms with Crippen LogP contribution in [0.25, 0.3) is 0 Å². The van der Waals surface area contributed by atoms with Crippen LogP contribution in [-0.2, 0) is 14.4 Å². The van der Waals surface area contributed by atoms with Gasteiger partial charge in [-0.2, -0.15) is 0 Å². The molecule has 0 saturated carbocycles. The molecular formula is C23H48O9. The molecule has 0 atom stereocenters. The predicted molar refractivity (Wildman–Crippen MR) is 125 cm³/mol. The number of carbonyl (C=O) groups is 3. The number of unbranched alkanes of at least 4 members (excludes halogenated alkanes) is 8. The van der Waals surface area contributed by atoms with Gasteiger partial charge in [0.2, 0.25) is 0 Å². The summed E-state index contributed by atoms with van der Waals surface area (Å²) in [6.45, 7) is 5.18. The minimum Gasteiger partial charge on any atom is -0.481 e. The van der Waals surface area contributed by atoms with Gasteiger partial charge in [0, 0.05) is 19.3 Å². The van der Waals surface area contributed by atoms with Crippen molar-refractivity contribution >= 4 is 17.9 Å². The van der Waals surface area contributed by atoms with Crippen LogP contribution >= 0.6 is 0 Å². The van der Waals surface area contributed by atoms with E-state index in [1.54, 1.807) is 0 Å². The zero-order valence-corrected chi connectivity index (χ0v) is 20.3. The summed E-state index contributed by atoms with van der Waals surface area (Å²) in [7, 11) is 0. The van der Waals surface area contributed by atoms with E-state index in [2.05, 4.69) is 6.92 Å². The first-order valence-electron chi connectivity index (χ1n) is 11.7. The van der Waals surface area contributed by atoms with Crippen molar-refractivity contribution in [3.63, 3.8) is 0 Å². The maximum Gasteiger partial charge on any atom is 0.303 e. The lowest BCUT2D eigenvalue weighted by molar-refractivity contribution is -0.138. The standard InChI is InChI=1S/C12H24O2.2C4H8O2.C3H8O3/c1-2-3-4-5-6-7-8-9-10-11-12(13)14;2*1-2-3-4(5)6;4-1-3(6)2-5/h2-11H2,1H3,(H,13,14);2*2-3H2,1H3,(H,5,6);3-6H,1-2H2. The Kier molecular flexibility index (Phi) is 39.8. The summed E-state index contributed by atoms with van der Waals surface area (Å²) in [6, 6.07) is 0. The fraction of sp³-hybridized carbons (Fsp3) is 0.870. The summed E-state index contributed by atoms with van der Waals surface area (Å²) in [5.74, 6) is -2.08. The Morgan fingerprint density at radius 2 is 0.844 bits per heavy atom. The smallest absolute Gasteiger partial charge is 0.303 e. The molecule has 6 N–H and O–H groups in total. The Balaban J connectivity index is -0.000000182. The van der Waals surface area contributed by atoms with E-state index in [4.69, 9.17) is 30.6 Å². The summed E-state index contributed by atoms with van der Waals surface area (Å²) < 4.78 is 0. The normalized spacial score (nSPS) is 9.47. The molecule has 0 aliphatic heterocycles. The fourth-order valence-electron chi connectivity index (χ4n) is 2.07. The molecule has 0 bridgehead atoms. The van der Waals surface area contributed by atoms with Crippen LogP contribution in [0, 0.1) is 0 Å². The second-order valence-corrected chi connectivity index (χ2v) is 7.28. The molecule has 194 valence electrons. The monoisotopic (exact) mass is 468 g/mol. The van der Waals surface area contributed by atoms with Gasteiger partial charge >= 0.3 is 17.9 Å². The first-order chi connectivity index (χ1) is 15.1. The van der Waals surface area contributed by atoms with Crippen molar-refractivity contribution in [1.29, 1.82) is 0 Å².